The molecular formula is C11H9Cl2NO3P+. The van der Waals surface area contributed by atoms with Crippen molar-refractivity contribution in [2.75, 3.05) is 7.11 Å². The molecule has 0 bridgehead atoms. The van der Waals surface area contributed by atoms with E-state index in [-0.39, 0.29) is 6.16 Å². The molecule has 1 aromatic carbocycles. The zero-order valence-electron chi connectivity index (χ0n) is 9.35. The lowest BCUT2D eigenvalue weighted by Crippen LogP contribution is -1.95. The van der Waals surface area contributed by atoms with E-state index in [9.17, 15) is 4.57 Å². The third-order valence-electron chi connectivity index (χ3n) is 2.39. The fraction of sp³-hybridized carbons (Fsp3) is 0.182. The van der Waals surface area contributed by atoms with Gasteiger partial charge in [-0.1, -0.05) is 23.2 Å². The summed E-state index contributed by atoms with van der Waals surface area (Å²) in [5.41, 5.74) is 1.12. The highest BCUT2D eigenvalue weighted by Crippen LogP contribution is 2.33. The fourth-order valence-electron chi connectivity index (χ4n) is 1.66. The summed E-state index contributed by atoms with van der Waals surface area (Å²) in [5.74, 6) is 0.304. The molecule has 4 nitrogen and oxygen atoms in total. The minimum atomic E-state index is -2.31. The van der Waals surface area contributed by atoms with Gasteiger partial charge in [0, 0.05) is 10.4 Å². The van der Waals surface area contributed by atoms with Crippen LogP contribution in [0.15, 0.2) is 18.2 Å². The van der Waals surface area contributed by atoms with Crippen LogP contribution in [-0.2, 0) is 10.7 Å². The average Bonchev–Trinajstić information content (AvgIpc) is 2.28. The minimum absolute atomic E-state index is 0.0274. The van der Waals surface area contributed by atoms with Gasteiger partial charge in [-0.15, -0.1) is 0 Å². The Balaban J connectivity index is 2.68. The number of nitrogens with zero attached hydrogens (tertiary/aromatic N) is 1. The number of ether oxygens (including phenoxy) is 1. The van der Waals surface area contributed by atoms with Gasteiger partial charge in [-0.05, 0) is 22.8 Å². The van der Waals surface area contributed by atoms with E-state index in [0.717, 1.165) is 0 Å². The second kappa shape index (κ2) is 5.37. The van der Waals surface area contributed by atoms with E-state index >= 15 is 0 Å². The van der Waals surface area contributed by atoms with Gasteiger partial charge in [-0.2, -0.15) is 4.89 Å². The normalized spacial score (nSPS) is 11.7. The molecule has 18 heavy (non-hydrogen) atoms. The maximum absolute atomic E-state index is 10.9. The molecule has 1 heterocycles. The van der Waals surface area contributed by atoms with E-state index in [4.69, 9.17) is 32.8 Å². The number of rotatable bonds is 3. The SMILES string of the molecule is COc1nc2cc(Cl)cc(Cl)c2cc1C[P+](=O)O. The molecule has 0 fully saturated rings. The van der Waals surface area contributed by atoms with Crippen LogP contribution in [0.1, 0.15) is 5.56 Å². The Morgan fingerprint density at radius 2 is 2.11 bits per heavy atom. The first-order valence-electron chi connectivity index (χ1n) is 4.97. The van der Waals surface area contributed by atoms with Crippen LogP contribution in [0.5, 0.6) is 5.88 Å². The minimum Gasteiger partial charge on any atom is -0.481 e. The van der Waals surface area contributed by atoms with Gasteiger partial charge in [-0.25, -0.2) is 4.98 Å². The Labute approximate surface area is 114 Å². The third-order valence-corrected chi connectivity index (χ3v) is 3.53. The largest absolute Gasteiger partial charge is 0.510 e. The van der Waals surface area contributed by atoms with E-state index in [1.807, 2.05) is 0 Å². The molecule has 1 atom stereocenters. The highest BCUT2D eigenvalue weighted by molar-refractivity contribution is 7.37. The Morgan fingerprint density at radius 1 is 1.39 bits per heavy atom. The summed E-state index contributed by atoms with van der Waals surface area (Å²) in [5, 5.41) is 1.60. The number of aromatic nitrogens is 1. The molecule has 0 aliphatic heterocycles. The predicted molar refractivity (Wildman–Crippen MR) is 71.8 cm³/mol. The van der Waals surface area contributed by atoms with Crippen molar-refractivity contribution in [2.45, 2.75) is 6.16 Å². The maximum Gasteiger partial charge on any atom is 0.510 e. The van der Waals surface area contributed by atoms with Crippen LogP contribution in [0.4, 0.5) is 0 Å². The van der Waals surface area contributed by atoms with Gasteiger partial charge in [0.25, 0.3) is 0 Å². The smallest absolute Gasteiger partial charge is 0.481 e. The molecule has 2 aromatic rings. The number of fused-ring (bicyclic) bond motifs is 1. The molecule has 1 N–H and O–H groups in total. The molecular weight excluding hydrogens is 296 g/mol. The van der Waals surface area contributed by atoms with Gasteiger partial charge in [0.1, 0.15) is 0 Å². The number of hydrogen-bond donors (Lipinski definition) is 1. The second-order valence-electron chi connectivity index (χ2n) is 3.62. The van der Waals surface area contributed by atoms with Gasteiger partial charge in [0.05, 0.1) is 23.2 Å². The summed E-state index contributed by atoms with van der Waals surface area (Å²) in [6.07, 6.45) is -0.0274. The summed E-state index contributed by atoms with van der Waals surface area (Å²) in [7, 11) is -0.856. The van der Waals surface area contributed by atoms with Crippen LogP contribution >= 0.6 is 31.2 Å². The lowest BCUT2D eigenvalue weighted by molar-refractivity contribution is 0.395. The molecule has 0 spiro atoms. The molecule has 2 rings (SSSR count). The molecule has 7 heteroatoms. The van der Waals surface area contributed by atoms with Crippen molar-refractivity contribution in [1.82, 2.24) is 4.98 Å². The summed E-state index contributed by atoms with van der Waals surface area (Å²) in [4.78, 5) is 13.2. The van der Waals surface area contributed by atoms with Gasteiger partial charge in [-0.3, -0.25) is 0 Å². The molecule has 1 aromatic heterocycles. The fourth-order valence-corrected chi connectivity index (χ4v) is 2.71. The number of methoxy groups -OCH3 is 1. The number of hydrogen-bond acceptors (Lipinski definition) is 3. The van der Waals surface area contributed by atoms with Gasteiger partial charge in [0.2, 0.25) is 12.0 Å². The Kier molecular flexibility index (Phi) is 4.03. The van der Waals surface area contributed by atoms with Crippen molar-refractivity contribution < 1.29 is 14.2 Å². The quantitative estimate of drug-likeness (QED) is 0.877. The van der Waals surface area contributed by atoms with Gasteiger partial charge >= 0.3 is 8.03 Å². The van der Waals surface area contributed by atoms with Crippen molar-refractivity contribution in [3.8, 4) is 5.88 Å². The summed E-state index contributed by atoms with van der Waals surface area (Å²) < 4.78 is 16.0. The van der Waals surface area contributed by atoms with Crippen LogP contribution in [0, 0.1) is 0 Å². The average molecular weight is 305 g/mol. The lowest BCUT2D eigenvalue weighted by Gasteiger charge is -2.07. The maximum atomic E-state index is 10.9. The van der Waals surface area contributed by atoms with Crippen molar-refractivity contribution in [2.24, 2.45) is 0 Å². The highest BCUT2D eigenvalue weighted by atomic mass is 35.5. The molecule has 0 aliphatic carbocycles. The number of benzene rings is 1. The standard InChI is InChI=1S/C11H8Cl2NO3P/c1-17-11-6(5-18(15)16)2-8-9(13)3-7(12)4-10(8)14-11/h2-4H,5H2,1H3/p+1. The van der Waals surface area contributed by atoms with Crippen molar-refractivity contribution in [1.29, 1.82) is 0 Å². The zero-order valence-corrected chi connectivity index (χ0v) is 11.8. The topological polar surface area (TPSA) is 59.4 Å². The molecule has 94 valence electrons. The van der Waals surface area contributed by atoms with Crippen LogP contribution in [0.25, 0.3) is 10.9 Å². The van der Waals surface area contributed by atoms with E-state index in [0.29, 0.717) is 32.4 Å². The highest BCUT2D eigenvalue weighted by Gasteiger charge is 2.19. The number of pyridine rings is 1. The van der Waals surface area contributed by atoms with Gasteiger partial charge in [0.15, 0.2) is 0 Å². The molecule has 0 saturated carbocycles. The third kappa shape index (κ3) is 2.73. The molecule has 0 aliphatic rings. The van der Waals surface area contributed by atoms with Crippen molar-refractivity contribution in [3.63, 3.8) is 0 Å². The second-order valence-corrected chi connectivity index (χ2v) is 5.49. The lowest BCUT2D eigenvalue weighted by atomic mass is 10.1. The first-order chi connectivity index (χ1) is 8.51. The first kappa shape index (κ1) is 13.5. The summed E-state index contributed by atoms with van der Waals surface area (Å²) in [6.45, 7) is 0. The van der Waals surface area contributed by atoms with Crippen LogP contribution < -0.4 is 4.74 Å². The summed E-state index contributed by atoms with van der Waals surface area (Å²) >= 11 is 12.0. The first-order valence-corrected chi connectivity index (χ1v) is 7.13. The van der Waals surface area contributed by atoms with E-state index in [1.54, 1.807) is 18.2 Å². The Hall–Kier alpha value is -0.930. The van der Waals surface area contributed by atoms with Gasteiger partial charge < -0.3 is 4.74 Å². The van der Waals surface area contributed by atoms with Crippen LogP contribution in [0.2, 0.25) is 10.0 Å². The zero-order chi connectivity index (χ0) is 13.3. The van der Waals surface area contributed by atoms with E-state index in [1.165, 1.54) is 7.11 Å². The van der Waals surface area contributed by atoms with Crippen molar-refractivity contribution in [3.05, 3.63) is 33.8 Å². The molecule has 1 unspecified atom stereocenters. The molecule has 0 amide bonds. The van der Waals surface area contributed by atoms with Crippen molar-refractivity contribution >= 4 is 42.1 Å². The van der Waals surface area contributed by atoms with E-state index < -0.39 is 8.03 Å². The van der Waals surface area contributed by atoms with Crippen LogP contribution in [-0.4, -0.2) is 17.0 Å². The molecule has 0 saturated heterocycles. The predicted octanol–water partition coefficient (Wildman–Crippen LogP) is 3.78. The van der Waals surface area contributed by atoms with E-state index in [2.05, 4.69) is 4.98 Å². The number of halogens is 2. The Morgan fingerprint density at radius 3 is 2.72 bits per heavy atom. The Bertz CT molecular complexity index is 633. The summed E-state index contributed by atoms with van der Waals surface area (Å²) in [6, 6.07) is 4.96. The molecule has 0 radical (unpaired) electrons. The van der Waals surface area contributed by atoms with Crippen LogP contribution in [0.3, 0.4) is 0 Å². The monoisotopic (exact) mass is 304 g/mol.